The molecule has 0 aliphatic heterocycles. The number of carbonyl (C=O) groups is 2. The molecule has 3 rings (SSSR count). The number of anilines is 1. The number of benzene rings is 2. The van der Waals surface area contributed by atoms with Gasteiger partial charge in [0.05, 0.1) is 24.6 Å². The first kappa shape index (κ1) is 21.6. The van der Waals surface area contributed by atoms with Crippen LogP contribution in [0.4, 0.5) is 5.69 Å². The maximum Gasteiger partial charge on any atom is 0.340 e. The Bertz CT molecular complexity index is 1020. The van der Waals surface area contributed by atoms with Crippen molar-refractivity contribution in [1.29, 1.82) is 0 Å². The third-order valence-electron chi connectivity index (χ3n) is 4.59. The van der Waals surface area contributed by atoms with Crippen molar-refractivity contribution in [3.8, 4) is 5.75 Å². The van der Waals surface area contributed by atoms with Crippen LogP contribution in [0, 0.1) is 0 Å². The second-order valence-electron chi connectivity index (χ2n) is 7.10. The smallest absolute Gasteiger partial charge is 0.340 e. The zero-order valence-corrected chi connectivity index (χ0v) is 17.6. The number of nitrogens with one attached hydrogen (secondary N) is 1. The van der Waals surface area contributed by atoms with E-state index in [-0.39, 0.29) is 23.2 Å². The number of amides is 1. The van der Waals surface area contributed by atoms with Gasteiger partial charge in [0.25, 0.3) is 5.91 Å². The van der Waals surface area contributed by atoms with Crippen LogP contribution in [0.25, 0.3) is 0 Å². The third-order valence-corrected chi connectivity index (χ3v) is 5.18. The van der Waals surface area contributed by atoms with Gasteiger partial charge in [0, 0.05) is 12.6 Å². The highest BCUT2D eigenvalue weighted by Gasteiger charge is 2.33. The lowest BCUT2D eigenvalue weighted by molar-refractivity contribution is -0.135. The van der Waals surface area contributed by atoms with Gasteiger partial charge in [-0.15, -0.1) is 0 Å². The largest absolute Gasteiger partial charge is 0.497 e. The highest BCUT2D eigenvalue weighted by atomic mass is 32.2. The molecular weight excluding hydrogens is 408 g/mol. The molecule has 160 valence electrons. The number of methoxy groups -OCH3 is 1. The second kappa shape index (κ2) is 9.17. The minimum absolute atomic E-state index is 0.0452. The van der Waals surface area contributed by atoms with Crippen molar-refractivity contribution in [3.05, 3.63) is 59.7 Å². The summed E-state index contributed by atoms with van der Waals surface area (Å²) in [5.74, 6) is -0.330. The minimum Gasteiger partial charge on any atom is -0.497 e. The molecule has 0 aromatic heterocycles. The molecule has 8 nitrogen and oxygen atoms in total. The number of hydrogen-bond donors (Lipinski definition) is 1. The molecule has 0 atom stereocenters. The van der Waals surface area contributed by atoms with Crippen molar-refractivity contribution in [1.82, 2.24) is 4.90 Å². The van der Waals surface area contributed by atoms with Gasteiger partial charge in [0.1, 0.15) is 5.75 Å². The van der Waals surface area contributed by atoms with Crippen molar-refractivity contribution in [2.75, 3.05) is 24.7 Å². The maximum absolute atomic E-state index is 12.7. The van der Waals surface area contributed by atoms with E-state index in [0.29, 0.717) is 6.54 Å². The Hall–Kier alpha value is -3.07. The fourth-order valence-corrected chi connectivity index (χ4v) is 3.55. The van der Waals surface area contributed by atoms with Crippen LogP contribution >= 0.6 is 0 Å². The fraction of sp³-hybridized carbons (Fsp3) is 0.333. The summed E-state index contributed by atoms with van der Waals surface area (Å²) in [5.41, 5.74) is 1.10. The first-order chi connectivity index (χ1) is 14.3. The van der Waals surface area contributed by atoms with E-state index in [4.69, 9.17) is 9.47 Å². The summed E-state index contributed by atoms with van der Waals surface area (Å²) >= 11 is 0. The minimum atomic E-state index is -3.56. The van der Waals surface area contributed by atoms with E-state index < -0.39 is 22.6 Å². The van der Waals surface area contributed by atoms with Crippen molar-refractivity contribution >= 4 is 27.6 Å². The second-order valence-corrected chi connectivity index (χ2v) is 8.85. The number of ether oxygens (including phenoxy) is 2. The number of hydrogen-bond acceptors (Lipinski definition) is 6. The molecule has 1 aliphatic rings. The molecule has 9 heteroatoms. The van der Waals surface area contributed by atoms with Gasteiger partial charge in [-0.3, -0.25) is 9.52 Å². The topological polar surface area (TPSA) is 102 Å². The number of esters is 1. The molecule has 0 unspecified atom stereocenters. The molecular formula is C21H24N2O6S. The summed E-state index contributed by atoms with van der Waals surface area (Å²) < 4.78 is 35.6. The van der Waals surface area contributed by atoms with Gasteiger partial charge in [0.15, 0.2) is 6.61 Å². The summed E-state index contributed by atoms with van der Waals surface area (Å²) in [7, 11) is -1.97. The summed E-state index contributed by atoms with van der Waals surface area (Å²) in [5, 5.41) is 0. The number of sulfonamides is 1. The third kappa shape index (κ3) is 5.96. The van der Waals surface area contributed by atoms with Gasteiger partial charge in [0.2, 0.25) is 10.0 Å². The monoisotopic (exact) mass is 432 g/mol. The van der Waals surface area contributed by atoms with Crippen LogP contribution in [0.2, 0.25) is 0 Å². The van der Waals surface area contributed by atoms with Gasteiger partial charge >= 0.3 is 5.97 Å². The molecule has 2 aromatic carbocycles. The van der Waals surface area contributed by atoms with Crippen molar-refractivity contribution < 1.29 is 27.5 Å². The van der Waals surface area contributed by atoms with Gasteiger partial charge in [-0.1, -0.05) is 24.3 Å². The first-order valence-electron chi connectivity index (χ1n) is 9.43. The molecule has 1 saturated carbocycles. The quantitative estimate of drug-likeness (QED) is 0.611. The lowest BCUT2D eigenvalue weighted by Crippen LogP contribution is -2.36. The van der Waals surface area contributed by atoms with E-state index in [1.165, 1.54) is 12.1 Å². The normalized spacial score (nSPS) is 13.4. The molecule has 0 spiro atoms. The predicted octanol–water partition coefficient (Wildman–Crippen LogP) is 2.41. The number of rotatable bonds is 9. The van der Waals surface area contributed by atoms with Crippen LogP contribution in [0.15, 0.2) is 48.5 Å². The van der Waals surface area contributed by atoms with E-state index in [1.807, 2.05) is 24.3 Å². The van der Waals surface area contributed by atoms with E-state index in [2.05, 4.69) is 4.72 Å². The van der Waals surface area contributed by atoms with Crippen LogP contribution in [0.1, 0.15) is 28.8 Å². The SMILES string of the molecule is COc1ccc(CN(C(=O)COC(=O)c2ccccc2NS(C)(=O)=O)C2CC2)cc1. The van der Waals surface area contributed by atoms with Gasteiger partial charge < -0.3 is 14.4 Å². The number of para-hydroxylation sites is 1. The molecule has 0 saturated heterocycles. The molecule has 1 fully saturated rings. The van der Waals surface area contributed by atoms with E-state index in [9.17, 15) is 18.0 Å². The molecule has 1 aliphatic carbocycles. The predicted molar refractivity (Wildman–Crippen MR) is 112 cm³/mol. The van der Waals surface area contributed by atoms with Crippen molar-refractivity contribution in [2.24, 2.45) is 0 Å². The Labute approximate surface area is 175 Å². The number of nitrogens with zero attached hydrogens (tertiary/aromatic N) is 1. The Morgan fingerprint density at radius 3 is 2.37 bits per heavy atom. The van der Waals surface area contributed by atoms with Crippen molar-refractivity contribution in [2.45, 2.75) is 25.4 Å². The average molecular weight is 432 g/mol. The van der Waals surface area contributed by atoms with E-state index >= 15 is 0 Å². The molecule has 2 aromatic rings. The molecule has 0 heterocycles. The Morgan fingerprint density at radius 1 is 1.10 bits per heavy atom. The standard InChI is InChI=1S/C21H24N2O6S/c1-28-17-11-7-15(8-12-17)13-23(16-9-10-16)20(24)14-29-21(25)18-5-3-4-6-19(18)22-30(2,26)27/h3-8,11-12,16,22H,9-10,13-14H2,1-2H3. The van der Waals surface area contributed by atoms with Crippen molar-refractivity contribution in [3.63, 3.8) is 0 Å². The lowest BCUT2D eigenvalue weighted by atomic mass is 10.2. The zero-order valence-electron chi connectivity index (χ0n) is 16.8. The van der Waals surface area contributed by atoms with E-state index in [1.54, 1.807) is 24.1 Å². The Kier molecular flexibility index (Phi) is 6.61. The zero-order chi connectivity index (χ0) is 21.7. The first-order valence-corrected chi connectivity index (χ1v) is 11.3. The van der Waals surface area contributed by atoms with Crippen LogP contribution in [-0.2, 0) is 26.1 Å². The highest BCUT2D eigenvalue weighted by molar-refractivity contribution is 7.92. The highest BCUT2D eigenvalue weighted by Crippen LogP contribution is 2.29. The Morgan fingerprint density at radius 2 is 1.77 bits per heavy atom. The average Bonchev–Trinajstić information content (AvgIpc) is 3.55. The van der Waals surface area contributed by atoms with Gasteiger partial charge in [-0.05, 0) is 42.7 Å². The molecule has 1 N–H and O–H groups in total. The molecule has 0 bridgehead atoms. The van der Waals surface area contributed by atoms with Crippen LogP contribution in [0.3, 0.4) is 0 Å². The van der Waals surface area contributed by atoms with Crippen LogP contribution in [-0.4, -0.2) is 51.2 Å². The summed E-state index contributed by atoms with van der Waals surface area (Å²) in [6.07, 6.45) is 2.82. The summed E-state index contributed by atoms with van der Waals surface area (Å²) in [6.45, 7) is -0.00401. The maximum atomic E-state index is 12.7. The number of carbonyl (C=O) groups excluding carboxylic acids is 2. The molecule has 1 amide bonds. The van der Waals surface area contributed by atoms with Crippen LogP contribution in [0.5, 0.6) is 5.75 Å². The van der Waals surface area contributed by atoms with Gasteiger partial charge in [-0.2, -0.15) is 0 Å². The van der Waals surface area contributed by atoms with Crippen LogP contribution < -0.4 is 9.46 Å². The molecule has 30 heavy (non-hydrogen) atoms. The summed E-state index contributed by atoms with van der Waals surface area (Å²) in [4.78, 5) is 26.9. The Balaban J connectivity index is 1.64. The van der Waals surface area contributed by atoms with E-state index in [0.717, 1.165) is 30.4 Å². The fourth-order valence-electron chi connectivity index (χ4n) is 2.97. The van der Waals surface area contributed by atoms with Gasteiger partial charge in [-0.25, -0.2) is 13.2 Å². The lowest BCUT2D eigenvalue weighted by Gasteiger charge is -2.22. The molecule has 0 radical (unpaired) electrons. The summed E-state index contributed by atoms with van der Waals surface area (Å²) in [6, 6.07) is 13.7.